The van der Waals surface area contributed by atoms with E-state index in [4.69, 9.17) is 9.47 Å². The van der Waals surface area contributed by atoms with Crippen LogP contribution in [-0.2, 0) is 20.9 Å². The van der Waals surface area contributed by atoms with E-state index >= 15 is 0 Å². The second-order valence-electron chi connectivity index (χ2n) is 14.0. The highest BCUT2D eigenvalue weighted by Gasteiger charge is 2.55. The molecule has 6 rings (SSSR count). The molecular formula is C35H45BrN4O5. The van der Waals surface area contributed by atoms with Crippen molar-refractivity contribution in [3.63, 3.8) is 0 Å². The number of piperidine rings is 1. The molecule has 0 bridgehead atoms. The molecule has 3 amide bonds. The van der Waals surface area contributed by atoms with Crippen molar-refractivity contribution >= 4 is 39.5 Å². The van der Waals surface area contributed by atoms with Crippen LogP contribution in [0.5, 0.6) is 5.75 Å². The number of ether oxygens (including phenoxy) is 2. The summed E-state index contributed by atoms with van der Waals surface area (Å²) in [7, 11) is 0. The average molecular weight is 682 g/mol. The number of benzene rings is 2. The van der Waals surface area contributed by atoms with Crippen molar-refractivity contribution in [2.45, 2.75) is 83.1 Å². The number of piperazine rings is 1. The first kappa shape index (κ1) is 31.7. The zero-order chi connectivity index (χ0) is 31.8. The fourth-order valence-corrected chi connectivity index (χ4v) is 6.62. The highest BCUT2D eigenvalue weighted by Crippen LogP contribution is 2.43. The van der Waals surface area contributed by atoms with Gasteiger partial charge in [0.05, 0.1) is 5.92 Å². The quantitative estimate of drug-likeness (QED) is 0.348. The molecule has 1 atom stereocenters. The van der Waals surface area contributed by atoms with Gasteiger partial charge in [0.2, 0.25) is 5.91 Å². The van der Waals surface area contributed by atoms with Gasteiger partial charge < -0.3 is 29.1 Å². The summed E-state index contributed by atoms with van der Waals surface area (Å²) in [4.78, 5) is 47.7. The standard InChI is InChI=1S/C35H45BrN4O5/c1-34(2,3)45-33(43)38-20-18-37(19-21-38)32(42)35(15-16-35)44-30-8-4-7-29(22-30)39-17-5-6-26(24-39)31(41)40(28-13-14-28)23-25-9-11-27(36)12-10-25/h4,7-12,22,26,28H,5-6,13-21,23-24H2,1-3H3/t26-/m1/s1. The Balaban J connectivity index is 1.06. The van der Waals surface area contributed by atoms with E-state index in [-0.39, 0.29) is 23.8 Å². The molecule has 2 aromatic rings. The molecule has 2 saturated carbocycles. The van der Waals surface area contributed by atoms with Gasteiger partial charge in [0.15, 0.2) is 5.60 Å². The number of rotatable bonds is 8. The lowest BCUT2D eigenvalue weighted by molar-refractivity contribution is -0.142. The van der Waals surface area contributed by atoms with E-state index < -0.39 is 11.2 Å². The minimum atomic E-state index is -0.842. The summed E-state index contributed by atoms with van der Waals surface area (Å²) in [6, 6.07) is 16.6. The van der Waals surface area contributed by atoms with Crippen LogP contribution in [0.1, 0.15) is 64.9 Å². The van der Waals surface area contributed by atoms with Crippen LogP contribution in [0.15, 0.2) is 53.0 Å². The number of hydrogen-bond acceptors (Lipinski definition) is 6. The van der Waals surface area contributed by atoms with Crippen molar-refractivity contribution in [1.29, 1.82) is 0 Å². The summed E-state index contributed by atoms with van der Waals surface area (Å²) in [5.41, 5.74) is 0.784. The van der Waals surface area contributed by atoms with Crippen molar-refractivity contribution < 1.29 is 23.9 Å². The lowest BCUT2D eigenvalue weighted by atomic mass is 9.95. The van der Waals surface area contributed by atoms with Crippen LogP contribution in [0.2, 0.25) is 0 Å². The van der Waals surface area contributed by atoms with Crippen molar-refractivity contribution in [1.82, 2.24) is 14.7 Å². The lowest BCUT2D eigenvalue weighted by Crippen LogP contribution is -2.55. The van der Waals surface area contributed by atoms with E-state index in [1.54, 1.807) is 4.90 Å². The van der Waals surface area contributed by atoms with Crippen LogP contribution in [-0.4, -0.2) is 89.1 Å². The van der Waals surface area contributed by atoms with Gasteiger partial charge in [0.1, 0.15) is 11.4 Å². The second-order valence-corrected chi connectivity index (χ2v) is 14.9. The van der Waals surface area contributed by atoms with Crippen LogP contribution in [0.25, 0.3) is 0 Å². The maximum Gasteiger partial charge on any atom is 0.410 e. The third kappa shape index (κ3) is 7.76. The molecule has 4 fully saturated rings. The van der Waals surface area contributed by atoms with Gasteiger partial charge in [0.25, 0.3) is 5.91 Å². The molecule has 9 nitrogen and oxygen atoms in total. The summed E-state index contributed by atoms with van der Waals surface area (Å²) < 4.78 is 13.0. The molecular weight excluding hydrogens is 636 g/mol. The molecule has 2 heterocycles. The number of hydrogen-bond donors (Lipinski definition) is 0. The number of nitrogens with zero attached hydrogens (tertiary/aromatic N) is 4. The second kappa shape index (κ2) is 12.9. The van der Waals surface area contributed by atoms with Gasteiger partial charge in [-0.15, -0.1) is 0 Å². The Morgan fingerprint density at radius 2 is 1.62 bits per heavy atom. The molecule has 0 N–H and O–H groups in total. The predicted molar refractivity (Wildman–Crippen MR) is 176 cm³/mol. The Bertz CT molecular complexity index is 1390. The van der Waals surface area contributed by atoms with Crippen LogP contribution in [0.3, 0.4) is 0 Å². The number of anilines is 1. The Morgan fingerprint density at radius 1 is 0.933 bits per heavy atom. The van der Waals surface area contributed by atoms with Crippen molar-refractivity contribution in [3.05, 3.63) is 58.6 Å². The average Bonchev–Trinajstić information content (AvgIpc) is 3.97. The molecule has 2 aliphatic heterocycles. The fourth-order valence-electron chi connectivity index (χ4n) is 6.36. The Morgan fingerprint density at radius 3 is 2.27 bits per heavy atom. The van der Waals surface area contributed by atoms with Gasteiger partial charge in [0, 0.05) is 80.9 Å². The van der Waals surface area contributed by atoms with Crippen LogP contribution in [0, 0.1) is 5.92 Å². The fraction of sp³-hybridized carbons (Fsp3) is 0.571. The topological polar surface area (TPSA) is 82.6 Å². The largest absolute Gasteiger partial charge is 0.477 e. The van der Waals surface area contributed by atoms with Crippen LogP contribution >= 0.6 is 15.9 Å². The Hall–Kier alpha value is -3.27. The molecule has 0 unspecified atom stereocenters. The first-order chi connectivity index (χ1) is 21.5. The highest BCUT2D eigenvalue weighted by molar-refractivity contribution is 9.10. The van der Waals surface area contributed by atoms with Gasteiger partial charge in [-0.05, 0) is 76.3 Å². The maximum absolute atomic E-state index is 13.8. The molecule has 0 radical (unpaired) electrons. The number of amides is 3. The lowest BCUT2D eigenvalue weighted by Gasteiger charge is -2.37. The third-order valence-electron chi connectivity index (χ3n) is 9.12. The highest BCUT2D eigenvalue weighted by atomic mass is 79.9. The molecule has 0 spiro atoms. The van der Waals surface area contributed by atoms with E-state index in [2.05, 4.69) is 43.9 Å². The summed E-state index contributed by atoms with van der Waals surface area (Å²) in [6.45, 7) is 9.60. The SMILES string of the molecule is CC(C)(C)OC(=O)N1CCN(C(=O)C2(Oc3cccc(N4CCC[C@@H](C(=O)N(Cc5ccc(Br)cc5)C5CC5)C4)c3)CC2)CC1. The zero-order valence-electron chi connectivity index (χ0n) is 26.7. The summed E-state index contributed by atoms with van der Waals surface area (Å²) in [5, 5.41) is 0. The minimum Gasteiger partial charge on any atom is -0.477 e. The van der Waals surface area contributed by atoms with Crippen LogP contribution in [0.4, 0.5) is 10.5 Å². The number of carbonyl (C=O) groups is 3. The maximum atomic E-state index is 13.8. The number of carbonyl (C=O) groups excluding carboxylic acids is 3. The molecule has 45 heavy (non-hydrogen) atoms. The van der Waals surface area contributed by atoms with Gasteiger partial charge in [-0.2, -0.15) is 0 Å². The molecule has 2 aliphatic carbocycles. The van der Waals surface area contributed by atoms with Crippen molar-refractivity contribution in [2.75, 3.05) is 44.2 Å². The summed E-state index contributed by atoms with van der Waals surface area (Å²) in [5.74, 6) is 0.877. The van der Waals surface area contributed by atoms with Gasteiger partial charge in [-0.3, -0.25) is 9.59 Å². The monoisotopic (exact) mass is 680 g/mol. The molecule has 2 aromatic carbocycles. The molecule has 4 aliphatic rings. The first-order valence-electron chi connectivity index (χ1n) is 16.4. The molecule has 10 heteroatoms. The summed E-state index contributed by atoms with van der Waals surface area (Å²) in [6.07, 6.45) is 5.03. The Kier molecular flexibility index (Phi) is 9.05. The van der Waals surface area contributed by atoms with E-state index in [1.807, 2.05) is 56.0 Å². The van der Waals surface area contributed by atoms with Crippen molar-refractivity contribution in [3.8, 4) is 5.75 Å². The first-order valence-corrected chi connectivity index (χ1v) is 17.2. The number of halogens is 1. The van der Waals surface area contributed by atoms with E-state index in [0.717, 1.165) is 48.0 Å². The van der Waals surface area contributed by atoms with E-state index in [1.165, 1.54) is 0 Å². The molecule has 0 aromatic heterocycles. The molecule has 242 valence electrons. The van der Waals surface area contributed by atoms with Gasteiger partial charge >= 0.3 is 6.09 Å². The van der Waals surface area contributed by atoms with E-state index in [9.17, 15) is 14.4 Å². The van der Waals surface area contributed by atoms with Crippen molar-refractivity contribution in [2.24, 2.45) is 5.92 Å². The van der Waals surface area contributed by atoms with E-state index in [0.29, 0.717) is 63.9 Å². The normalized spacial score (nSPS) is 21.2. The molecule has 2 saturated heterocycles. The predicted octanol–water partition coefficient (Wildman–Crippen LogP) is 5.85. The third-order valence-corrected chi connectivity index (χ3v) is 9.64. The van der Waals surface area contributed by atoms with Gasteiger partial charge in [-0.25, -0.2) is 4.79 Å². The zero-order valence-corrected chi connectivity index (χ0v) is 28.3. The smallest absolute Gasteiger partial charge is 0.410 e. The Labute approximate surface area is 274 Å². The van der Waals surface area contributed by atoms with Crippen LogP contribution < -0.4 is 9.64 Å². The minimum absolute atomic E-state index is 0.00804. The summed E-state index contributed by atoms with van der Waals surface area (Å²) >= 11 is 3.51. The van der Waals surface area contributed by atoms with Gasteiger partial charge in [-0.1, -0.05) is 34.1 Å².